The van der Waals surface area contributed by atoms with Gasteiger partial charge in [-0.1, -0.05) is 0 Å². The van der Waals surface area contributed by atoms with E-state index in [9.17, 15) is 0 Å². The zero-order valence-electron chi connectivity index (χ0n) is 5.41. The first-order valence-corrected chi connectivity index (χ1v) is 2.97. The van der Waals surface area contributed by atoms with Crippen molar-refractivity contribution >= 4 is 0 Å². The van der Waals surface area contributed by atoms with Crippen LogP contribution in [-0.2, 0) is 0 Å². The van der Waals surface area contributed by atoms with Gasteiger partial charge in [0.1, 0.15) is 5.54 Å². The van der Waals surface area contributed by atoms with Crippen molar-refractivity contribution in [2.75, 3.05) is 6.61 Å². The van der Waals surface area contributed by atoms with Crippen molar-refractivity contribution in [2.45, 2.75) is 18.9 Å². The van der Waals surface area contributed by atoms with E-state index in [1.807, 2.05) is 13.0 Å². The Hall–Kier alpha value is -0.700. The van der Waals surface area contributed by atoms with Gasteiger partial charge in [-0.05, 0) is 13.0 Å². The Morgan fingerprint density at radius 2 is 2.44 bits per heavy atom. The van der Waals surface area contributed by atoms with Crippen LogP contribution in [-0.4, -0.2) is 17.3 Å². The molecule has 1 heterocycles. The lowest BCUT2D eigenvalue weighted by Crippen LogP contribution is -2.17. The van der Waals surface area contributed by atoms with Crippen molar-refractivity contribution in [3.8, 4) is 0 Å². The maximum absolute atomic E-state index is 8.56. The van der Waals surface area contributed by atoms with Crippen molar-refractivity contribution in [1.82, 2.24) is 0 Å². The van der Waals surface area contributed by atoms with Crippen LogP contribution in [0.2, 0.25) is 0 Å². The molecule has 0 aromatic carbocycles. The van der Waals surface area contributed by atoms with E-state index >= 15 is 0 Å². The molecule has 0 aromatic rings. The van der Waals surface area contributed by atoms with Crippen LogP contribution in [0.4, 0.5) is 0 Å². The predicted octanol–water partition coefficient (Wildman–Crippen LogP) is 1.11. The van der Waals surface area contributed by atoms with Gasteiger partial charge in [-0.2, -0.15) is 10.2 Å². The minimum absolute atomic E-state index is 0.167. The second kappa shape index (κ2) is 2.27. The molecule has 1 aliphatic rings. The van der Waals surface area contributed by atoms with Gasteiger partial charge < -0.3 is 5.11 Å². The Balaban J connectivity index is 2.53. The molecular formula is C6H10N2O. The van der Waals surface area contributed by atoms with E-state index in [-0.39, 0.29) is 12.1 Å². The molecule has 0 spiro atoms. The molecule has 0 saturated heterocycles. The summed E-state index contributed by atoms with van der Waals surface area (Å²) in [4.78, 5) is 0. The van der Waals surface area contributed by atoms with Crippen LogP contribution in [0.15, 0.2) is 22.5 Å². The highest BCUT2D eigenvalue weighted by Crippen LogP contribution is 2.21. The van der Waals surface area contributed by atoms with Crippen molar-refractivity contribution in [1.29, 1.82) is 0 Å². The SMILES string of the molecule is CC1(CCO)C=CN=N1. The molecule has 0 saturated carbocycles. The molecule has 0 aliphatic carbocycles. The van der Waals surface area contributed by atoms with Crippen LogP contribution in [0, 0.1) is 0 Å². The standard InChI is InChI=1S/C6H10N2O/c1-6(3-5-9)2-4-7-8-6/h2,4,9H,3,5H2,1H3. The average molecular weight is 126 g/mol. The Labute approximate surface area is 54.1 Å². The fourth-order valence-corrected chi connectivity index (χ4v) is 0.752. The first-order chi connectivity index (χ1) is 4.27. The van der Waals surface area contributed by atoms with Crippen LogP contribution in [0.25, 0.3) is 0 Å². The van der Waals surface area contributed by atoms with Gasteiger partial charge in [0, 0.05) is 19.2 Å². The highest BCUT2D eigenvalue weighted by molar-refractivity contribution is 5.06. The second-order valence-electron chi connectivity index (χ2n) is 2.36. The van der Waals surface area contributed by atoms with Crippen LogP contribution >= 0.6 is 0 Å². The summed E-state index contributed by atoms with van der Waals surface area (Å²) in [5.74, 6) is 0. The summed E-state index contributed by atoms with van der Waals surface area (Å²) in [6.45, 7) is 2.11. The molecule has 0 aromatic heterocycles. The van der Waals surface area contributed by atoms with E-state index < -0.39 is 0 Å². The molecule has 1 N–H and O–H groups in total. The monoisotopic (exact) mass is 126 g/mol. The number of hydrogen-bond donors (Lipinski definition) is 1. The van der Waals surface area contributed by atoms with Crippen LogP contribution in [0.1, 0.15) is 13.3 Å². The zero-order valence-corrected chi connectivity index (χ0v) is 5.41. The molecule has 0 bridgehead atoms. The molecule has 3 nitrogen and oxygen atoms in total. The zero-order chi connectivity index (χ0) is 6.74. The molecule has 1 unspecified atom stereocenters. The first-order valence-electron chi connectivity index (χ1n) is 2.97. The van der Waals surface area contributed by atoms with Crippen molar-refractivity contribution in [2.24, 2.45) is 10.2 Å². The summed E-state index contributed by atoms with van der Waals surface area (Å²) < 4.78 is 0. The van der Waals surface area contributed by atoms with Gasteiger partial charge >= 0.3 is 0 Å². The van der Waals surface area contributed by atoms with E-state index in [0.29, 0.717) is 6.42 Å². The number of aliphatic hydroxyl groups excluding tert-OH is 1. The van der Waals surface area contributed by atoms with E-state index in [4.69, 9.17) is 5.11 Å². The number of nitrogens with zero attached hydrogens (tertiary/aromatic N) is 2. The van der Waals surface area contributed by atoms with Gasteiger partial charge in [-0.15, -0.1) is 0 Å². The molecule has 1 rings (SSSR count). The molecular weight excluding hydrogens is 116 g/mol. The van der Waals surface area contributed by atoms with Gasteiger partial charge in [0.2, 0.25) is 0 Å². The Morgan fingerprint density at radius 1 is 1.67 bits per heavy atom. The molecule has 9 heavy (non-hydrogen) atoms. The summed E-state index contributed by atoms with van der Waals surface area (Å²) in [6.07, 6.45) is 4.21. The lowest BCUT2D eigenvalue weighted by Gasteiger charge is -2.12. The maximum Gasteiger partial charge on any atom is 0.101 e. The molecule has 0 fully saturated rings. The normalized spacial score (nSPS) is 31.8. The molecule has 1 aliphatic heterocycles. The van der Waals surface area contributed by atoms with Crippen molar-refractivity contribution in [3.63, 3.8) is 0 Å². The van der Waals surface area contributed by atoms with Crippen molar-refractivity contribution in [3.05, 3.63) is 12.3 Å². The third kappa shape index (κ3) is 1.36. The highest BCUT2D eigenvalue weighted by atomic mass is 16.3. The molecule has 50 valence electrons. The lowest BCUT2D eigenvalue weighted by atomic mass is 10.0. The molecule has 0 amide bonds. The first kappa shape index (κ1) is 6.42. The number of hydrogen-bond acceptors (Lipinski definition) is 3. The average Bonchev–Trinajstić information content (AvgIpc) is 2.16. The smallest absolute Gasteiger partial charge is 0.101 e. The molecule has 0 radical (unpaired) electrons. The number of azo groups is 1. The summed E-state index contributed by atoms with van der Waals surface area (Å²) in [7, 11) is 0. The number of rotatable bonds is 2. The largest absolute Gasteiger partial charge is 0.396 e. The minimum atomic E-state index is -0.227. The van der Waals surface area contributed by atoms with E-state index in [2.05, 4.69) is 10.2 Å². The van der Waals surface area contributed by atoms with Crippen LogP contribution in [0.5, 0.6) is 0 Å². The third-order valence-electron chi connectivity index (χ3n) is 1.40. The number of aliphatic hydroxyl groups is 1. The van der Waals surface area contributed by atoms with Crippen molar-refractivity contribution < 1.29 is 5.11 Å². The maximum atomic E-state index is 8.56. The van der Waals surface area contributed by atoms with Gasteiger partial charge in [0.25, 0.3) is 0 Å². The summed E-state index contributed by atoms with van der Waals surface area (Å²) in [6, 6.07) is 0. The minimum Gasteiger partial charge on any atom is -0.396 e. The van der Waals surface area contributed by atoms with E-state index in [1.165, 1.54) is 0 Å². The third-order valence-corrected chi connectivity index (χ3v) is 1.40. The van der Waals surface area contributed by atoms with E-state index in [0.717, 1.165) is 0 Å². The van der Waals surface area contributed by atoms with Gasteiger partial charge in [-0.25, -0.2) is 0 Å². The Kier molecular flexibility index (Phi) is 1.62. The van der Waals surface area contributed by atoms with Gasteiger partial charge in [0.05, 0.1) is 0 Å². The Bertz CT molecular complexity index is 139. The van der Waals surface area contributed by atoms with Crippen LogP contribution in [0.3, 0.4) is 0 Å². The second-order valence-corrected chi connectivity index (χ2v) is 2.36. The summed E-state index contributed by atoms with van der Waals surface area (Å²) >= 11 is 0. The highest BCUT2D eigenvalue weighted by Gasteiger charge is 2.21. The summed E-state index contributed by atoms with van der Waals surface area (Å²) in [5, 5.41) is 16.2. The fourth-order valence-electron chi connectivity index (χ4n) is 0.752. The van der Waals surface area contributed by atoms with Gasteiger partial charge in [0.15, 0.2) is 0 Å². The molecule has 1 atom stereocenters. The molecule has 3 heteroatoms. The summed E-state index contributed by atoms with van der Waals surface area (Å²) in [5.41, 5.74) is -0.227. The predicted molar refractivity (Wildman–Crippen MR) is 34.1 cm³/mol. The quantitative estimate of drug-likeness (QED) is 0.591. The lowest BCUT2D eigenvalue weighted by molar-refractivity contribution is 0.263. The van der Waals surface area contributed by atoms with E-state index in [1.54, 1.807) is 6.20 Å². The topological polar surface area (TPSA) is 45.0 Å². The Morgan fingerprint density at radius 3 is 2.89 bits per heavy atom. The van der Waals surface area contributed by atoms with Gasteiger partial charge in [-0.3, -0.25) is 0 Å². The van der Waals surface area contributed by atoms with Crippen LogP contribution < -0.4 is 0 Å². The fraction of sp³-hybridized carbons (Fsp3) is 0.667.